The lowest BCUT2D eigenvalue weighted by Gasteiger charge is -2.56. The van der Waals surface area contributed by atoms with E-state index in [1.165, 1.54) is 38.5 Å². The maximum atomic E-state index is 5.69. The lowest BCUT2D eigenvalue weighted by atomic mass is 9.49. The summed E-state index contributed by atoms with van der Waals surface area (Å²) in [5.41, 5.74) is 6.18. The van der Waals surface area contributed by atoms with Crippen LogP contribution in [0.1, 0.15) is 44.3 Å². The summed E-state index contributed by atoms with van der Waals surface area (Å²) in [4.78, 5) is 12.6. The van der Waals surface area contributed by atoms with Crippen LogP contribution in [0.15, 0.2) is 0 Å². The van der Waals surface area contributed by atoms with E-state index in [2.05, 4.69) is 20.3 Å². The summed E-state index contributed by atoms with van der Waals surface area (Å²) in [6.07, 6.45) is 8.63. The number of nitrogen functional groups attached to an aromatic ring is 1. The average Bonchev–Trinajstić information content (AvgIpc) is 2.34. The highest BCUT2D eigenvalue weighted by Crippen LogP contribution is 2.59. The Kier molecular flexibility index (Phi) is 2.66. The third-order valence-electron chi connectivity index (χ3n) is 5.55. The highest BCUT2D eigenvalue weighted by molar-refractivity contribution is 5.31. The van der Waals surface area contributed by atoms with Crippen molar-refractivity contribution >= 4 is 11.9 Å². The maximum absolute atomic E-state index is 5.69. The molecule has 4 aliphatic rings. The molecule has 1 aromatic heterocycles. The Morgan fingerprint density at radius 3 is 2.20 bits per heavy atom. The van der Waals surface area contributed by atoms with Crippen molar-refractivity contribution in [1.82, 2.24) is 15.0 Å². The highest BCUT2D eigenvalue weighted by Gasteiger charge is 2.50. The van der Waals surface area contributed by atoms with Crippen LogP contribution in [-0.2, 0) is 0 Å². The first-order valence-corrected chi connectivity index (χ1v) is 7.82. The van der Waals surface area contributed by atoms with Gasteiger partial charge in [-0.2, -0.15) is 15.0 Å². The number of aryl methyl sites for hydroxylation is 1. The normalized spacial score (nSPS) is 38.1. The fraction of sp³-hybridized carbons (Fsp3) is 0.800. The van der Waals surface area contributed by atoms with Crippen molar-refractivity contribution < 1.29 is 0 Å². The van der Waals surface area contributed by atoms with Gasteiger partial charge in [-0.15, -0.1) is 0 Å². The molecule has 0 aliphatic heterocycles. The molecule has 4 saturated carbocycles. The zero-order valence-electron chi connectivity index (χ0n) is 12.1. The Hall–Kier alpha value is -1.39. The monoisotopic (exact) mass is 273 g/mol. The molecule has 20 heavy (non-hydrogen) atoms. The molecule has 1 aromatic rings. The molecule has 0 radical (unpaired) electrons. The highest BCUT2D eigenvalue weighted by atomic mass is 15.2. The van der Waals surface area contributed by atoms with E-state index < -0.39 is 0 Å². The molecule has 108 valence electrons. The number of nitrogens with two attached hydrogens (primary N) is 1. The molecule has 0 aromatic carbocycles. The van der Waals surface area contributed by atoms with Crippen LogP contribution in [0.25, 0.3) is 0 Å². The zero-order valence-corrected chi connectivity index (χ0v) is 12.1. The smallest absolute Gasteiger partial charge is 0.227 e. The lowest BCUT2D eigenvalue weighted by molar-refractivity contribution is -0.0445. The van der Waals surface area contributed by atoms with Gasteiger partial charge in [0.15, 0.2) is 0 Å². The molecule has 5 nitrogen and oxygen atoms in total. The fourth-order valence-electron chi connectivity index (χ4n) is 5.35. The quantitative estimate of drug-likeness (QED) is 0.884. The molecule has 0 unspecified atom stereocenters. The van der Waals surface area contributed by atoms with Crippen LogP contribution in [0, 0.1) is 30.1 Å². The largest absolute Gasteiger partial charge is 0.368 e. The second kappa shape index (κ2) is 4.30. The van der Waals surface area contributed by atoms with Gasteiger partial charge in [-0.1, -0.05) is 0 Å². The summed E-state index contributed by atoms with van der Waals surface area (Å²) < 4.78 is 0. The topological polar surface area (TPSA) is 76.7 Å². The zero-order chi connectivity index (χ0) is 13.7. The van der Waals surface area contributed by atoms with Gasteiger partial charge in [0, 0.05) is 6.54 Å². The van der Waals surface area contributed by atoms with Crippen LogP contribution in [0.2, 0.25) is 0 Å². The first-order valence-electron chi connectivity index (χ1n) is 7.82. The Morgan fingerprint density at radius 2 is 1.65 bits per heavy atom. The number of anilines is 2. The molecule has 4 aliphatic carbocycles. The van der Waals surface area contributed by atoms with Gasteiger partial charge in [-0.3, -0.25) is 0 Å². The molecule has 5 rings (SSSR count). The minimum absolute atomic E-state index is 0.311. The van der Waals surface area contributed by atoms with E-state index in [1.807, 2.05) is 6.92 Å². The van der Waals surface area contributed by atoms with E-state index in [4.69, 9.17) is 5.73 Å². The van der Waals surface area contributed by atoms with E-state index in [9.17, 15) is 0 Å². The SMILES string of the molecule is Cc1nc(N)nc(NCC23CC4CC(CC(C4)C2)C3)n1. The molecular formula is C15H23N5. The Labute approximate surface area is 119 Å². The Morgan fingerprint density at radius 1 is 1.05 bits per heavy atom. The van der Waals surface area contributed by atoms with Crippen LogP contribution in [0.5, 0.6) is 0 Å². The predicted octanol–water partition coefficient (Wildman–Crippen LogP) is 2.39. The number of aromatic nitrogens is 3. The average molecular weight is 273 g/mol. The molecule has 0 saturated heterocycles. The van der Waals surface area contributed by atoms with E-state index in [0.29, 0.717) is 23.1 Å². The first-order chi connectivity index (χ1) is 9.60. The number of nitrogens with zero attached hydrogens (tertiary/aromatic N) is 3. The van der Waals surface area contributed by atoms with Crippen LogP contribution >= 0.6 is 0 Å². The van der Waals surface area contributed by atoms with Gasteiger partial charge in [0.25, 0.3) is 0 Å². The van der Waals surface area contributed by atoms with Gasteiger partial charge in [-0.05, 0) is 68.6 Å². The molecule has 0 spiro atoms. The van der Waals surface area contributed by atoms with Crippen molar-refractivity contribution in [2.75, 3.05) is 17.6 Å². The molecule has 3 N–H and O–H groups in total. The molecule has 4 fully saturated rings. The van der Waals surface area contributed by atoms with Crippen LogP contribution in [0.3, 0.4) is 0 Å². The minimum atomic E-state index is 0.311. The molecule has 0 atom stereocenters. The van der Waals surface area contributed by atoms with Gasteiger partial charge in [0.1, 0.15) is 5.82 Å². The summed E-state index contributed by atoms with van der Waals surface area (Å²) in [6.45, 7) is 2.85. The summed E-state index contributed by atoms with van der Waals surface area (Å²) in [5, 5.41) is 3.44. The molecule has 0 amide bonds. The molecular weight excluding hydrogens is 250 g/mol. The van der Waals surface area contributed by atoms with Gasteiger partial charge >= 0.3 is 0 Å². The van der Waals surface area contributed by atoms with Crippen molar-refractivity contribution in [3.05, 3.63) is 5.82 Å². The van der Waals surface area contributed by atoms with Crippen LogP contribution in [-0.4, -0.2) is 21.5 Å². The van der Waals surface area contributed by atoms with Crippen molar-refractivity contribution in [1.29, 1.82) is 0 Å². The van der Waals surface area contributed by atoms with Crippen molar-refractivity contribution in [2.24, 2.45) is 23.2 Å². The Balaban J connectivity index is 1.49. The minimum Gasteiger partial charge on any atom is -0.368 e. The number of hydrogen-bond donors (Lipinski definition) is 2. The molecule has 5 heteroatoms. The standard InChI is InChI=1S/C15H23N5/c1-9-18-13(16)20-14(19-9)17-8-15-5-10-2-11(6-15)4-12(3-10)7-15/h10-12H,2-8H2,1H3,(H3,16,17,18,19,20). The van der Waals surface area contributed by atoms with Gasteiger partial charge in [-0.25, -0.2) is 0 Å². The van der Waals surface area contributed by atoms with Crippen molar-refractivity contribution in [3.8, 4) is 0 Å². The van der Waals surface area contributed by atoms with Crippen molar-refractivity contribution in [2.45, 2.75) is 45.4 Å². The number of hydrogen-bond acceptors (Lipinski definition) is 5. The fourth-order valence-corrected chi connectivity index (χ4v) is 5.35. The van der Waals surface area contributed by atoms with Gasteiger partial charge in [0.05, 0.1) is 0 Å². The second-order valence-electron chi connectivity index (χ2n) is 7.34. The van der Waals surface area contributed by atoms with Crippen LogP contribution in [0.4, 0.5) is 11.9 Å². The van der Waals surface area contributed by atoms with E-state index in [1.54, 1.807) is 0 Å². The summed E-state index contributed by atoms with van der Waals surface area (Å²) in [6, 6.07) is 0. The van der Waals surface area contributed by atoms with E-state index >= 15 is 0 Å². The molecule has 4 bridgehead atoms. The molecule has 1 heterocycles. The maximum Gasteiger partial charge on any atom is 0.227 e. The summed E-state index contributed by atoms with van der Waals surface area (Å²) in [5.74, 6) is 4.58. The lowest BCUT2D eigenvalue weighted by Crippen LogP contribution is -2.49. The Bertz CT molecular complexity index is 471. The number of nitrogens with one attached hydrogen (secondary N) is 1. The van der Waals surface area contributed by atoms with Crippen LogP contribution < -0.4 is 11.1 Å². The summed E-state index contributed by atoms with van der Waals surface area (Å²) >= 11 is 0. The van der Waals surface area contributed by atoms with E-state index in [0.717, 1.165) is 24.3 Å². The summed E-state index contributed by atoms with van der Waals surface area (Å²) in [7, 11) is 0. The van der Waals surface area contributed by atoms with Gasteiger partial charge < -0.3 is 11.1 Å². The van der Waals surface area contributed by atoms with Crippen molar-refractivity contribution in [3.63, 3.8) is 0 Å². The van der Waals surface area contributed by atoms with E-state index in [-0.39, 0.29) is 0 Å². The number of rotatable bonds is 3. The van der Waals surface area contributed by atoms with Gasteiger partial charge in [0.2, 0.25) is 11.9 Å². The first kappa shape index (κ1) is 12.4. The second-order valence-corrected chi connectivity index (χ2v) is 7.34. The third-order valence-corrected chi connectivity index (χ3v) is 5.55. The predicted molar refractivity (Wildman–Crippen MR) is 78.1 cm³/mol. The third kappa shape index (κ3) is 2.13.